The lowest BCUT2D eigenvalue weighted by molar-refractivity contribution is 1.28. The molecule has 3 heteroatoms. The maximum absolute atomic E-state index is 3.74. The van der Waals surface area contributed by atoms with Crippen molar-refractivity contribution in [3.05, 3.63) is 12.2 Å². The molecular weight excluding hydrogens is 132 g/mol. The van der Waals surface area contributed by atoms with Gasteiger partial charge < -0.3 is 0 Å². The molecule has 0 aromatic carbocycles. The molecule has 50 valence electrons. The summed E-state index contributed by atoms with van der Waals surface area (Å²) >= 11 is 1.55. The van der Waals surface area contributed by atoms with Crippen LogP contribution in [0.25, 0.3) is 0 Å². The summed E-state index contributed by atoms with van der Waals surface area (Å²) in [6, 6.07) is 0. The van der Waals surface area contributed by atoms with Crippen LogP contribution in [-0.2, 0) is 0 Å². The molecule has 0 unspecified atom stereocenters. The van der Waals surface area contributed by atoms with Crippen molar-refractivity contribution in [3.8, 4) is 0 Å². The highest BCUT2D eigenvalue weighted by Gasteiger charge is 1.85. The van der Waals surface area contributed by atoms with E-state index in [-0.39, 0.29) is 0 Å². The van der Waals surface area contributed by atoms with E-state index in [1.165, 1.54) is 0 Å². The minimum absolute atomic E-state index is 0.882. The van der Waals surface area contributed by atoms with E-state index in [4.69, 9.17) is 0 Å². The van der Waals surface area contributed by atoms with E-state index < -0.39 is 0 Å². The average molecular weight is 142 g/mol. The molecule has 2 nitrogen and oxygen atoms in total. The second-order valence-electron chi connectivity index (χ2n) is 1.28. The molecule has 0 amide bonds. The Balaban J connectivity index is 3.96. The zero-order valence-corrected chi connectivity index (χ0v) is 6.48. The summed E-state index contributed by atoms with van der Waals surface area (Å²) in [5.74, 6) is 0. The van der Waals surface area contributed by atoms with E-state index in [9.17, 15) is 0 Å². The Morgan fingerprint density at radius 2 is 2.33 bits per heavy atom. The Morgan fingerprint density at radius 1 is 1.67 bits per heavy atom. The standard InChI is InChI=1S/C6H10N2S/c1-4-5-6(9-3)8-7-2/h4-5H,2H2,1,3H3. The second-order valence-corrected chi connectivity index (χ2v) is 2.11. The van der Waals surface area contributed by atoms with Crippen LogP contribution in [0, 0.1) is 0 Å². The molecule has 0 aromatic rings. The highest BCUT2D eigenvalue weighted by atomic mass is 32.2. The summed E-state index contributed by atoms with van der Waals surface area (Å²) in [6.45, 7) is 5.19. The Hall–Kier alpha value is -0.570. The lowest BCUT2D eigenvalue weighted by Gasteiger charge is -1.87. The molecule has 0 aliphatic rings. The van der Waals surface area contributed by atoms with Gasteiger partial charge in [0.1, 0.15) is 5.04 Å². The zero-order chi connectivity index (χ0) is 7.11. The van der Waals surface area contributed by atoms with Crippen molar-refractivity contribution in [3.63, 3.8) is 0 Å². The third-order valence-corrected chi connectivity index (χ3v) is 1.32. The van der Waals surface area contributed by atoms with Gasteiger partial charge in [0.2, 0.25) is 0 Å². The molecular formula is C6H10N2S. The number of nitrogens with zero attached hydrogens (tertiary/aromatic N) is 2. The Morgan fingerprint density at radius 3 is 2.67 bits per heavy atom. The second kappa shape index (κ2) is 5.56. The van der Waals surface area contributed by atoms with Crippen molar-refractivity contribution >= 4 is 23.5 Å². The molecule has 0 rings (SSSR count). The van der Waals surface area contributed by atoms with Gasteiger partial charge in [0.15, 0.2) is 0 Å². The van der Waals surface area contributed by atoms with Gasteiger partial charge in [-0.3, -0.25) is 0 Å². The van der Waals surface area contributed by atoms with Gasteiger partial charge in [-0.1, -0.05) is 6.08 Å². The minimum Gasteiger partial charge on any atom is -0.166 e. The van der Waals surface area contributed by atoms with Crippen molar-refractivity contribution in [2.24, 2.45) is 10.2 Å². The van der Waals surface area contributed by atoms with Crippen molar-refractivity contribution in [2.45, 2.75) is 6.92 Å². The summed E-state index contributed by atoms with van der Waals surface area (Å²) in [7, 11) is 0. The van der Waals surface area contributed by atoms with Gasteiger partial charge in [0.25, 0.3) is 0 Å². The summed E-state index contributed by atoms with van der Waals surface area (Å²) in [5, 5.41) is 8.01. The molecule has 0 aliphatic carbocycles. The molecule has 0 aliphatic heterocycles. The van der Waals surface area contributed by atoms with Crippen molar-refractivity contribution < 1.29 is 0 Å². The normalized spacial score (nSPS) is 12.4. The summed E-state index contributed by atoms with van der Waals surface area (Å²) in [4.78, 5) is 0. The smallest absolute Gasteiger partial charge is 0.118 e. The first kappa shape index (κ1) is 8.43. The van der Waals surface area contributed by atoms with E-state index in [1.807, 2.05) is 25.3 Å². The van der Waals surface area contributed by atoms with E-state index in [0.717, 1.165) is 5.04 Å². The summed E-state index contributed by atoms with van der Waals surface area (Å²) in [5.41, 5.74) is 0. The number of thioether (sulfide) groups is 1. The maximum atomic E-state index is 3.74. The van der Waals surface area contributed by atoms with Gasteiger partial charge in [-0.15, -0.1) is 16.9 Å². The van der Waals surface area contributed by atoms with Crippen molar-refractivity contribution in [1.82, 2.24) is 0 Å². The van der Waals surface area contributed by atoms with Crippen LogP contribution in [0.1, 0.15) is 6.92 Å². The molecule has 0 bridgehead atoms. The number of hydrogen-bond acceptors (Lipinski definition) is 3. The number of rotatable bonds is 2. The molecule has 0 radical (unpaired) electrons. The minimum atomic E-state index is 0.882. The summed E-state index contributed by atoms with van der Waals surface area (Å²) in [6.07, 6.45) is 5.75. The third-order valence-electron chi connectivity index (χ3n) is 0.688. The van der Waals surface area contributed by atoms with Crippen molar-refractivity contribution in [1.29, 1.82) is 0 Å². The highest BCUT2D eigenvalue weighted by Crippen LogP contribution is 1.99. The molecule has 0 saturated carbocycles. The van der Waals surface area contributed by atoms with Crippen LogP contribution in [0.5, 0.6) is 0 Å². The largest absolute Gasteiger partial charge is 0.166 e. The van der Waals surface area contributed by atoms with Crippen LogP contribution < -0.4 is 0 Å². The molecule has 0 atom stereocenters. The molecule has 0 N–H and O–H groups in total. The molecule has 0 saturated heterocycles. The topological polar surface area (TPSA) is 24.7 Å². The van der Waals surface area contributed by atoms with Gasteiger partial charge in [-0.05, 0) is 19.3 Å². The molecule has 9 heavy (non-hydrogen) atoms. The van der Waals surface area contributed by atoms with Crippen LogP contribution in [0.2, 0.25) is 0 Å². The Bertz CT molecular complexity index is 138. The van der Waals surface area contributed by atoms with Crippen LogP contribution in [0.15, 0.2) is 22.4 Å². The summed E-state index contributed by atoms with van der Waals surface area (Å²) < 4.78 is 0. The van der Waals surface area contributed by atoms with Crippen LogP contribution in [0.3, 0.4) is 0 Å². The third kappa shape index (κ3) is 3.97. The monoisotopic (exact) mass is 142 g/mol. The van der Waals surface area contributed by atoms with E-state index >= 15 is 0 Å². The average Bonchev–Trinajstić information content (AvgIpc) is 1.88. The van der Waals surface area contributed by atoms with E-state index in [2.05, 4.69) is 16.9 Å². The van der Waals surface area contributed by atoms with Gasteiger partial charge in [-0.25, -0.2) is 0 Å². The van der Waals surface area contributed by atoms with Crippen LogP contribution in [0.4, 0.5) is 0 Å². The first-order chi connectivity index (χ1) is 4.35. The fourth-order valence-electron chi connectivity index (χ4n) is 0.354. The van der Waals surface area contributed by atoms with Crippen LogP contribution >= 0.6 is 11.8 Å². The fraction of sp³-hybridized carbons (Fsp3) is 0.333. The van der Waals surface area contributed by atoms with E-state index in [1.54, 1.807) is 11.8 Å². The predicted molar refractivity (Wildman–Crippen MR) is 45.3 cm³/mol. The zero-order valence-electron chi connectivity index (χ0n) is 5.66. The molecule has 0 fully saturated rings. The molecule has 0 aromatic heterocycles. The SMILES string of the molecule is C=NN=C(C=CC)SC. The molecule has 0 spiro atoms. The highest BCUT2D eigenvalue weighted by molar-refractivity contribution is 8.13. The molecule has 0 heterocycles. The van der Waals surface area contributed by atoms with Gasteiger partial charge in [0.05, 0.1) is 0 Å². The first-order valence-corrected chi connectivity index (χ1v) is 3.78. The maximum Gasteiger partial charge on any atom is 0.118 e. The number of allylic oxidation sites excluding steroid dienone is 1. The van der Waals surface area contributed by atoms with Gasteiger partial charge in [-0.2, -0.15) is 5.10 Å². The Labute approximate surface area is 59.8 Å². The van der Waals surface area contributed by atoms with Gasteiger partial charge in [0, 0.05) is 6.72 Å². The number of hydrogen-bond donors (Lipinski definition) is 0. The first-order valence-electron chi connectivity index (χ1n) is 2.55. The predicted octanol–water partition coefficient (Wildman–Crippen LogP) is 1.94. The Kier molecular flexibility index (Phi) is 5.21. The quantitative estimate of drug-likeness (QED) is 0.328. The van der Waals surface area contributed by atoms with Crippen LogP contribution in [-0.4, -0.2) is 18.0 Å². The van der Waals surface area contributed by atoms with Gasteiger partial charge >= 0.3 is 0 Å². The fourth-order valence-corrected chi connectivity index (χ4v) is 0.766. The van der Waals surface area contributed by atoms with E-state index in [0.29, 0.717) is 0 Å². The lowest BCUT2D eigenvalue weighted by atomic mass is 10.6. The lowest BCUT2D eigenvalue weighted by Crippen LogP contribution is -1.80. The van der Waals surface area contributed by atoms with Crippen molar-refractivity contribution in [2.75, 3.05) is 6.26 Å².